The average Bonchev–Trinajstić information content (AvgIpc) is 3.46. The molecule has 9 heteroatoms. The largest absolute Gasteiger partial charge is 0.481 e. The number of nitrogens with zero attached hydrogens (tertiary/aromatic N) is 2. The van der Waals surface area contributed by atoms with Gasteiger partial charge in [0.2, 0.25) is 5.00 Å². The van der Waals surface area contributed by atoms with E-state index in [1.807, 2.05) is 47.8 Å². The van der Waals surface area contributed by atoms with E-state index in [1.54, 1.807) is 12.1 Å². The summed E-state index contributed by atoms with van der Waals surface area (Å²) < 4.78 is 29.8. The van der Waals surface area contributed by atoms with E-state index in [4.69, 9.17) is 18.2 Å². The van der Waals surface area contributed by atoms with Crippen LogP contribution in [0.5, 0.6) is 0 Å². The van der Waals surface area contributed by atoms with E-state index < -0.39 is 21.9 Å². The maximum absolute atomic E-state index is 14.2. The van der Waals surface area contributed by atoms with E-state index in [0.717, 1.165) is 5.56 Å². The number of hydrogen-bond acceptors (Lipinski definition) is 4. The minimum atomic E-state index is -4.10. The summed E-state index contributed by atoms with van der Waals surface area (Å²) in [5.74, 6) is -1.40. The molecule has 1 saturated carbocycles. The Balaban J connectivity index is 1.70. The van der Waals surface area contributed by atoms with Gasteiger partial charge in [-0.15, -0.1) is 0 Å². The molecule has 2 heterocycles. The van der Waals surface area contributed by atoms with Crippen LogP contribution >= 0.6 is 22.9 Å². The van der Waals surface area contributed by atoms with Crippen LogP contribution in [-0.4, -0.2) is 23.5 Å². The first-order valence-corrected chi connectivity index (χ1v) is 14.4. The molecule has 3 aromatic carbocycles. The molecule has 188 valence electrons. The summed E-state index contributed by atoms with van der Waals surface area (Å²) in [6, 6.07) is 22.5. The molecule has 6 nitrogen and oxygen atoms in total. The number of aromatic nitrogens is 1. The van der Waals surface area contributed by atoms with E-state index >= 15 is 0 Å². The van der Waals surface area contributed by atoms with Gasteiger partial charge in [0, 0.05) is 27.1 Å². The molecule has 0 saturated heterocycles. The van der Waals surface area contributed by atoms with Crippen molar-refractivity contribution in [3.63, 3.8) is 0 Å². The molecular weight excluding hydrogens is 540 g/mol. The SMILES string of the molecule is [C-]#[N+]c1sccc1-c1c(-c2cccc(C3CC3C(=O)O)c2)n(S(=O)(=O)c2ccc(Cl)cc2)c2ccccc12. The maximum Gasteiger partial charge on any atom is 0.307 e. The van der Waals surface area contributed by atoms with Crippen LogP contribution in [0.1, 0.15) is 17.9 Å². The van der Waals surface area contributed by atoms with Gasteiger partial charge in [0.1, 0.15) is 0 Å². The monoisotopic (exact) mass is 558 g/mol. The van der Waals surface area contributed by atoms with Gasteiger partial charge in [-0.2, -0.15) is 11.3 Å². The van der Waals surface area contributed by atoms with Crippen molar-refractivity contribution in [2.45, 2.75) is 17.2 Å². The molecule has 5 aromatic rings. The number of fused-ring (bicyclic) bond motifs is 1. The molecule has 2 aromatic heterocycles. The van der Waals surface area contributed by atoms with Gasteiger partial charge in [-0.3, -0.25) is 4.79 Å². The highest BCUT2D eigenvalue weighted by Gasteiger charge is 2.44. The molecule has 38 heavy (non-hydrogen) atoms. The molecule has 1 aliphatic rings. The normalized spacial score (nSPS) is 16.8. The topological polar surface area (TPSA) is 80.7 Å². The zero-order valence-electron chi connectivity index (χ0n) is 19.7. The second-order valence-corrected chi connectivity index (χ2v) is 12.2. The maximum atomic E-state index is 14.2. The zero-order valence-corrected chi connectivity index (χ0v) is 22.1. The van der Waals surface area contributed by atoms with Gasteiger partial charge in [0.15, 0.2) is 0 Å². The third-order valence-electron chi connectivity index (χ3n) is 6.90. The third kappa shape index (κ3) is 3.91. The quantitative estimate of drug-likeness (QED) is 0.217. The van der Waals surface area contributed by atoms with Crippen LogP contribution in [0.15, 0.2) is 89.1 Å². The lowest BCUT2D eigenvalue weighted by Gasteiger charge is -2.15. The summed E-state index contributed by atoms with van der Waals surface area (Å²) in [4.78, 5) is 15.3. The number of rotatable bonds is 6. The second-order valence-electron chi connectivity index (χ2n) is 9.13. The van der Waals surface area contributed by atoms with Crippen molar-refractivity contribution in [3.05, 3.63) is 106 Å². The predicted octanol–water partition coefficient (Wildman–Crippen LogP) is 7.67. The first-order chi connectivity index (χ1) is 18.3. The molecule has 6 rings (SSSR count). The Morgan fingerprint density at radius 1 is 1.05 bits per heavy atom. The first-order valence-electron chi connectivity index (χ1n) is 11.7. The Kier molecular flexibility index (Phi) is 5.88. The second kappa shape index (κ2) is 9.14. The lowest BCUT2D eigenvalue weighted by atomic mass is 9.97. The zero-order chi connectivity index (χ0) is 26.6. The molecule has 0 amide bonds. The third-order valence-corrected chi connectivity index (χ3v) is 9.68. The van der Waals surface area contributed by atoms with Gasteiger partial charge >= 0.3 is 5.97 Å². The number of carbonyl (C=O) groups is 1. The predicted molar refractivity (Wildman–Crippen MR) is 149 cm³/mol. The summed E-state index contributed by atoms with van der Waals surface area (Å²) in [6.45, 7) is 7.72. The van der Waals surface area contributed by atoms with Gasteiger partial charge in [-0.1, -0.05) is 54.1 Å². The van der Waals surface area contributed by atoms with Gasteiger partial charge in [-0.25, -0.2) is 17.2 Å². The van der Waals surface area contributed by atoms with E-state index in [1.165, 1.54) is 39.6 Å². The van der Waals surface area contributed by atoms with Crippen molar-refractivity contribution in [3.8, 4) is 22.4 Å². The summed E-state index contributed by atoms with van der Waals surface area (Å²) in [5.41, 5.74) is 3.69. The van der Waals surface area contributed by atoms with Crippen molar-refractivity contribution in [2.24, 2.45) is 5.92 Å². The van der Waals surface area contributed by atoms with E-state index in [-0.39, 0.29) is 10.8 Å². The van der Waals surface area contributed by atoms with E-state index in [9.17, 15) is 18.3 Å². The molecule has 0 radical (unpaired) electrons. The minimum Gasteiger partial charge on any atom is -0.481 e. The van der Waals surface area contributed by atoms with Crippen molar-refractivity contribution in [1.29, 1.82) is 0 Å². The Morgan fingerprint density at radius 3 is 2.53 bits per heavy atom. The molecule has 2 unspecified atom stereocenters. The Hall–Kier alpha value is -3.90. The number of benzene rings is 3. The summed E-state index contributed by atoms with van der Waals surface area (Å²) in [5, 5.41) is 12.9. The van der Waals surface area contributed by atoms with Crippen molar-refractivity contribution < 1.29 is 18.3 Å². The van der Waals surface area contributed by atoms with E-state index in [2.05, 4.69) is 4.85 Å². The van der Waals surface area contributed by atoms with Gasteiger partial charge in [0.25, 0.3) is 10.0 Å². The smallest absolute Gasteiger partial charge is 0.307 e. The Morgan fingerprint density at radius 2 is 1.82 bits per heavy atom. The lowest BCUT2D eigenvalue weighted by molar-refractivity contribution is -0.138. The molecule has 0 spiro atoms. The molecule has 1 aliphatic carbocycles. The summed E-state index contributed by atoms with van der Waals surface area (Å²) in [6.07, 6.45) is 0.546. The number of carboxylic acid groups (broad SMARTS) is 1. The lowest BCUT2D eigenvalue weighted by Crippen LogP contribution is -2.14. The first kappa shape index (κ1) is 24.4. The number of halogens is 1. The van der Waals surface area contributed by atoms with Gasteiger partial charge in [-0.05, 0) is 59.7 Å². The molecule has 1 N–H and O–H groups in total. The van der Waals surface area contributed by atoms with Crippen molar-refractivity contribution in [2.75, 3.05) is 0 Å². The van der Waals surface area contributed by atoms with Crippen LogP contribution in [-0.2, 0) is 14.8 Å². The molecule has 0 bridgehead atoms. The number of carboxylic acids is 1. The number of para-hydroxylation sites is 1. The van der Waals surface area contributed by atoms with Crippen LogP contribution in [0, 0.1) is 12.5 Å². The Bertz CT molecular complexity index is 1880. The number of aliphatic carboxylic acids is 1. The summed E-state index contributed by atoms with van der Waals surface area (Å²) >= 11 is 7.35. The molecular formula is C29H19ClN2O4S2. The highest BCUT2D eigenvalue weighted by atomic mass is 35.5. The fourth-order valence-electron chi connectivity index (χ4n) is 5.04. The fourth-order valence-corrected chi connectivity index (χ4v) is 7.39. The highest BCUT2D eigenvalue weighted by molar-refractivity contribution is 7.90. The summed E-state index contributed by atoms with van der Waals surface area (Å²) in [7, 11) is -4.10. The fraction of sp³-hybridized carbons (Fsp3) is 0.103. The molecule has 1 fully saturated rings. The minimum absolute atomic E-state index is 0.0791. The van der Waals surface area contributed by atoms with Crippen LogP contribution in [0.25, 0.3) is 38.1 Å². The average molecular weight is 559 g/mol. The van der Waals surface area contributed by atoms with Gasteiger partial charge in [0.05, 0.1) is 28.6 Å². The highest BCUT2D eigenvalue weighted by Crippen LogP contribution is 2.50. The van der Waals surface area contributed by atoms with E-state index in [0.29, 0.717) is 49.7 Å². The van der Waals surface area contributed by atoms with Crippen LogP contribution in [0.3, 0.4) is 0 Å². The Labute approximate surface area is 228 Å². The van der Waals surface area contributed by atoms with Crippen molar-refractivity contribution in [1.82, 2.24) is 3.97 Å². The molecule has 2 atom stereocenters. The van der Waals surface area contributed by atoms with Crippen LogP contribution in [0.2, 0.25) is 5.02 Å². The van der Waals surface area contributed by atoms with Gasteiger partial charge < -0.3 is 5.11 Å². The standard InChI is InChI=1S/C29H19ClN2O4S2/c1-31-28-22(13-14-37-28)26-21-7-2-3-8-25(21)32(38(35,36)20-11-9-19(30)10-12-20)27(26)18-6-4-5-17(15-18)23-16-24(23)29(33)34/h2-15,23-24H,16H2,(H,33,34). The van der Waals surface area contributed by atoms with Crippen LogP contribution < -0.4 is 0 Å². The number of thiophene rings is 1. The van der Waals surface area contributed by atoms with Crippen molar-refractivity contribution >= 4 is 54.8 Å². The molecule has 0 aliphatic heterocycles. The number of hydrogen-bond donors (Lipinski definition) is 1. The van der Waals surface area contributed by atoms with Crippen LogP contribution in [0.4, 0.5) is 5.00 Å².